The molecule has 0 bridgehead atoms. The Hall–Kier alpha value is -4.60. The largest absolute Gasteiger partial charge is 0.492 e. The maximum Gasteiger partial charge on any atom is 0.410 e. The lowest BCUT2D eigenvalue weighted by Crippen LogP contribution is -2.48. The number of amides is 1. The van der Waals surface area contributed by atoms with Crippen LogP contribution < -0.4 is 4.74 Å². The lowest BCUT2D eigenvalue weighted by molar-refractivity contribution is -0.254. The van der Waals surface area contributed by atoms with E-state index in [0.717, 1.165) is 93.2 Å². The summed E-state index contributed by atoms with van der Waals surface area (Å²) in [7, 11) is 1.63. The van der Waals surface area contributed by atoms with Crippen LogP contribution >= 0.6 is 45.3 Å². The van der Waals surface area contributed by atoms with Crippen molar-refractivity contribution in [3.05, 3.63) is 105 Å². The Balaban J connectivity index is 1.03. The quantitative estimate of drug-likeness (QED) is 0.0787. The van der Waals surface area contributed by atoms with E-state index >= 15 is 26.3 Å². The number of carbonyl (C=O) groups excluding carboxylic acids is 1. The van der Waals surface area contributed by atoms with Gasteiger partial charge in [-0.15, -0.1) is 45.3 Å². The molecule has 2 unspecified atom stereocenters. The number of ether oxygens (including phenoxy) is 6. The maximum absolute atomic E-state index is 16.5. The summed E-state index contributed by atoms with van der Waals surface area (Å²) >= 11 is 4.96. The zero-order chi connectivity index (χ0) is 53.3. The van der Waals surface area contributed by atoms with Gasteiger partial charge in [-0.25, -0.2) is 4.79 Å². The first-order chi connectivity index (χ1) is 35.7. The first kappa shape index (κ1) is 55.2. The highest BCUT2D eigenvalue weighted by atomic mass is 32.1. The predicted octanol–water partition coefficient (Wildman–Crippen LogP) is 15.9. The first-order valence-corrected chi connectivity index (χ1v) is 28.4. The molecule has 0 saturated carbocycles. The summed E-state index contributed by atoms with van der Waals surface area (Å²) in [6.07, 6.45) is 8.73. The van der Waals surface area contributed by atoms with Crippen LogP contribution in [0, 0.1) is 13.8 Å². The van der Waals surface area contributed by atoms with Crippen molar-refractivity contribution in [2.24, 2.45) is 0 Å². The third-order valence-corrected chi connectivity index (χ3v) is 18.2. The zero-order valence-electron chi connectivity index (χ0n) is 42.6. The number of carbonyl (C=O) groups is 1. The minimum Gasteiger partial charge on any atom is -0.492 e. The number of aromatic nitrogens is 1. The van der Waals surface area contributed by atoms with Crippen molar-refractivity contribution in [3.63, 3.8) is 0 Å². The standard InChI is InChI=1S/C56H60F6N2O7S4/c1-33-40(31-44(72-33)42-29-37(19-26-69-46-11-7-9-24-67-46)50(74-42)35-13-15-39(16-14-35)66-28-23-64(6)52(65)71-53(3,4)5)48-49(55(59,60)56(61,62)54(48,57)58)41-32-45(73-34(41)2)43-30-38(20-27-70-47-12-8-10-25-68-47)51(75-43)36-17-21-63-22-18-36/h13-18,21-22,29-32,46-47H,7-12,19-20,23-28H2,1-6H3. The molecule has 9 nitrogen and oxygen atoms in total. The number of likely N-dealkylation sites (N-methyl/N-ethyl adjacent to an activating group) is 1. The van der Waals surface area contributed by atoms with E-state index in [1.165, 1.54) is 53.6 Å². The molecule has 1 aliphatic carbocycles. The van der Waals surface area contributed by atoms with Gasteiger partial charge in [0.05, 0.1) is 19.8 Å². The van der Waals surface area contributed by atoms with Crippen LogP contribution in [0.1, 0.15) is 91.3 Å². The number of hydrogen-bond donors (Lipinski definition) is 0. The molecule has 1 aromatic carbocycles. The van der Waals surface area contributed by atoms with E-state index < -0.39 is 40.6 Å². The molecular formula is C56H60F6N2O7S4. The molecule has 2 atom stereocenters. The van der Waals surface area contributed by atoms with Crippen LogP contribution in [0.4, 0.5) is 31.1 Å². The van der Waals surface area contributed by atoms with Crippen molar-refractivity contribution in [2.45, 2.75) is 122 Å². The van der Waals surface area contributed by atoms with Crippen molar-refractivity contribution in [3.8, 4) is 46.1 Å². The molecule has 5 aromatic heterocycles. The maximum atomic E-state index is 16.5. The highest BCUT2D eigenvalue weighted by Gasteiger charge is 2.80. The van der Waals surface area contributed by atoms with Crippen molar-refractivity contribution in [1.82, 2.24) is 9.88 Å². The third kappa shape index (κ3) is 12.0. The smallest absolute Gasteiger partial charge is 0.410 e. The molecule has 9 rings (SSSR count). The molecule has 7 heterocycles. The number of alkyl halides is 6. The number of thiophene rings is 4. The Kier molecular flexibility index (Phi) is 16.8. The molecule has 0 radical (unpaired) electrons. The normalized spacial score (nSPS) is 19.4. The molecule has 2 saturated heterocycles. The Morgan fingerprint density at radius 3 is 1.59 bits per heavy atom. The van der Waals surface area contributed by atoms with E-state index in [1.54, 1.807) is 52.3 Å². The molecular weight excluding hydrogens is 1050 g/mol. The lowest BCUT2D eigenvalue weighted by Gasteiger charge is -2.25. The minimum atomic E-state index is -5.73. The Bertz CT molecular complexity index is 2970. The number of benzene rings is 1. The first-order valence-electron chi connectivity index (χ1n) is 25.1. The van der Waals surface area contributed by atoms with Crippen molar-refractivity contribution >= 4 is 62.6 Å². The fourth-order valence-corrected chi connectivity index (χ4v) is 13.9. The second-order valence-corrected chi connectivity index (χ2v) is 24.5. The third-order valence-electron chi connectivity index (χ3n) is 13.2. The Labute approximate surface area is 449 Å². The monoisotopic (exact) mass is 1110 g/mol. The fraction of sp³-hybridized carbons (Fsp3) is 0.464. The molecule has 0 N–H and O–H groups in total. The number of aryl methyl sites for hydroxylation is 2. The summed E-state index contributed by atoms with van der Waals surface area (Å²) in [6.45, 7) is 10.8. The van der Waals surface area contributed by atoms with Gasteiger partial charge in [-0.05, 0) is 180 Å². The summed E-state index contributed by atoms with van der Waals surface area (Å²) in [5.41, 5.74) is -0.575. The Morgan fingerprint density at radius 2 is 1.13 bits per heavy atom. The summed E-state index contributed by atoms with van der Waals surface area (Å²) in [6, 6.07) is 17.7. The van der Waals surface area contributed by atoms with Gasteiger partial charge in [0, 0.05) is 82.8 Å². The number of nitrogens with zero attached hydrogens (tertiary/aromatic N) is 2. The van der Waals surface area contributed by atoms with E-state index in [-0.39, 0.29) is 46.6 Å². The van der Waals surface area contributed by atoms with Gasteiger partial charge < -0.3 is 33.3 Å². The molecule has 1 amide bonds. The van der Waals surface area contributed by atoms with Gasteiger partial charge in [0.1, 0.15) is 18.0 Å². The number of allylic oxidation sites excluding steroid dienone is 2. The molecule has 19 heteroatoms. The average molecular weight is 1120 g/mol. The van der Waals surface area contributed by atoms with E-state index in [4.69, 9.17) is 28.4 Å². The number of rotatable bonds is 18. The van der Waals surface area contributed by atoms with Gasteiger partial charge in [-0.1, -0.05) is 0 Å². The topological polar surface area (TPSA) is 88.6 Å². The number of halogens is 6. The lowest BCUT2D eigenvalue weighted by atomic mass is 9.95. The van der Waals surface area contributed by atoms with Crippen LogP contribution in [-0.4, -0.2) is 98.6 Å². The zero-order valence-corrected chi connectivity index (χ0v) is 45.9. The predicted molar refractivity (Wildman–Crippen MR) is 286 cm³/mol. The van der Waals surface area contributed by atoms with Gasteiger partial charge in [0.15, 0.2) is 12.6 Å². The molecule has 2 fully saturated rings. The summed E-state index contributed by atoms with van der Waals surface area (Å²) in [4.78, 5) is 22.4. The van der Waals surface area contributed by atoms with Crippen molar-refractivity contribution < 1.29 is 59.6 Å². The van der Waals surface area contributed by atoms with E-state index in [1.807, 2.05) is 36.4 Å². The van der Waals surface area contributed by atoms with Crippen LogP contribution in [0.15, 0.2) is 73.1 Å². The summed E-state index contributed by atoms with van der Waals surface area (Å²) in [5, 5.41) is 0. The SMILES string of the molecule is Cc1sc(-c2cc(CCOC3CCCCO3)c(-c3ccncc3)s2)cc1C1=C(c2cc(-c3cc(CCOC4CCCCO4)c(-c4ccc(OCCN(C)C(=O)OC(C)(C)C)cc4)s3)sc2C)C(F)(F)C(F)(F)C1(F)F. The van der Waals surface area contributed by atoms with E-state index in [9.17, 15) is 4.79 Å². The van der Waals surface area contributed by atoms with Gasteiger partial charge in [0.25, 0.3) is 0 Å². The van der Waals surface area contributed by atoms with Crippen LogP contribution in [0.25, 0.3) is 51.5 Å². The number of hydrogen-bond acceptors (Lipinski definition) is 12. The van der Waals surface area contributed by atoms with Crippen molar-refractivity contribution in [1.29, 1.82) is 0 Å². The molecule has 6 aromatic rings. The fourth-order valence-electron chi connectivity index (χ4n) is 9.32. The van der Waals surface area contributed by atoms with Crippen molar-refractivity contribution in [2.75, 3.05) is 46.6 Å². The van der Waals surface area contributed by atoms with Gasteiger partial charge in [0.2, 0.25) is 0 Å². The van der Waals surface area contributed by atoms with E-state index in [2.05, 4.69) is 4.98 Å². The molecule has 2 aliphatic heterocycles. The summed E-state index contributed by atoms with van der Waals surface area (Å²) in [5.74, 6) is -15.6. The number of pyridine rings is 1. The van der Waals surface area contributed by atoms with Crippen LogP contribution in [0.3, 0.4) is 0 Å². The molecule has 3 aliphatic rings. The van der Waals surface area contributed by atoms with Crippen LogP contribution in [-0.2, 0) is 36.5 Å². The average Bonchev–Trinajstić information content (AvgIpc) is 4.24. The molecule has 0 spiro atoms. The van der Waals surface area contributed by atoms with Gasteiger partial charge in [-0.3, -0.25) is 4.98 Å². The second-order valence-electron chi connectivity index (χ2n) is 19.9. The van der Waals surface area contributed by atoms with Crippen LogP contribution in [0.5, 0.6) is 5.75 Å². The Morgan fingerprint density at radius 1 is 0.667 bits per heavy atom. The molecule has 402 valence electrons. The summed E-state index contributed by atoms with van der Waals surface area (Å²) < 4.78 is 133. The minimum absolute atomic E-state index is 0.192. The highest BCUT2D eigenvalue weighted by molar-refractivity contribution is 7.24. The van der Waals surface area contributed by atoms with Gasteiger partial charge in [-0.2, -0.15) is 26.3 Å². The van der Waals surface area contributed by atoms with Crippen LogP contribution in [0.2, 0.25) is 0 Å². The molecule has 75 heavy (non-hydrogen) atoms. The van der Waals surface area contributed by atoms with E-state index in [0.29, 0.717) is 64.5 Å². The van der Waals surface area contributed by atoms with Gasteiger partial charge >= 0.3 is 23.9 Å². The second kappa shape index (κ2) is 22.8. The highest BCUT2D eigenvalue weighted by Crippen LogP contribution is 2.66.